The van der Waals surface area contributed by atoms with Crippen LogP contribution in [0.3, 0.4) is 0 Å². The summed E-state index contributed by atoms with van der Waals surface area (Å²) in [5.41, 5.74) is 4.80. The van der Waals surface area contributed by atoms with E-state index in [-0.39, 0.29) is 18.8 Å². The van der Waals surface area contributed by atoms with Crippen LogP contribution in [0, 0.1) is 10.8 Å². The number of benzene rings is 3. The number of hydrogen-bond donors (Lipinski definition) is 3. The summed E-state index contributed by atoms with van der Waals surface area (Å²) in [5.74, 6) is -0.518. The number of ether oxygens (including phenoxy) is 3. The molecule has 6 rings (SSSR count). The smallest absolute Gasteiger partial charge is 0.328 e. The van der Waals surface area contributed by atoms with Crippen molar-refractivity contribution in [2.45, 2.75) is 90.1 Å². The Hall–Kier alpha value is -3.76. The van der Waals surface area contributed by atoms with Crippen molar-refractivity contribution in [2.75, 3.05) is 25.5 Å². The summed E-state index contributed by atoms with van der Waals surface area (Å²) >= 11 is 0. The highest BCUT2D eigenvalue weighted by Gasteiger charge is 2.50. The molecule has 2 aliphatic heterocycles. The largest absolute Gasteiger partial charge is 0.467 e. The maximum atomic E-state index is 13.1. The summed E-state index contributed by atoms with van der Waals surface area (Å²) in [5, 5.41) is 15.2. The van der Waals surface area contributed by atoms with E-state index in [0.29, 0.717) is 29.0 Å². The zero-order chi connectivity index (χ0) is 33.9. The number of esters is 1. The van der Waals surface area contributed by atoms with Crippen LogP contribution in [-0.4, -0.2) is 60.4 Å². The summed E-state index contributed by atoms with van der Waals surface area (Å²) in [4.78, 5) is 28.2. The van der Waals surface area contributed by atoms with Crippen LogP contribution < -0.4 is 10.6 Å². The van der Waals surface area contributed by atoms with Gasteiger partial charge in [0.15, 0.2) is 6.29 Å². The number of nitrogens with one attached hydrogen (secondary N) is 2. The van der Waals surface area contributed by atoms with E-state index < -0.39 is 24.3 Å². The predicted molar refractivity (Wildman–Crippen MR) is 184 cm³/mol. The number of carbonyl (C=O) groups excluding carboxylic acids is 2. The molecule has 3 aromatic rings. The van der Waals surface area contributed by atoms with Crippen molar-refractivity contribution in [2.24, 2.45) is 10.8 Å². The van der Waals surface area contributed by atoms with Crippen molar-refractivity contribution in [1.29, 1.82) is 0 Å². The third kappa shape index (κ3) is 8.26. The Balaban J connectivity index is 1.18. The van der Waals surface area contributed by atoms with Gasteiger partial charge in [-0.3, -0.25) is 4.90 Å². The third-order valence-corrected chi connectivity index (χ3v) is 10.1. The second kappa shape index (κ2) is 14.4. The van der Waals surface area contributed by atoms with Gasteiger partial charge < -0.3 is 30.0 Å². The Morgan fingerprint density at radius 2 is 1.73 bits per heavy atom. The number of nitrogens with zero attached hydrogens (tertiary/aromatic N) is 1. The Kier molecular flexibility index (Phi) is 10.2. The lowest BCUT2D eigenvalue weighted by Gasteiger charge is -2.41. The first-order valence-corrected chi connectivity index (χ1v) is 17.1. The monoisotopic (exact) mass is 655 g/mol. The Morgan fingerprint density at radius 3 is 2.46 bits per heavy atom. The summed E-state index contributed by atoms with van der Waals surface area (Å²) in [6.07, 6.45) is 3.78. The molecule has 2 unspecified atom stereocenters. The van der Waals surface area contributed by atoms with Crippen LogP contribution in [0.4, 0.5) is 10.5 Å². The fourth-order valence-electron chi connectivity index (χ4n) is 8.36. The van der Waals surface area contributed by atoms with Gasteiger partial charge in [0.2, 0.25) is 0 Å². The molecular weight excluding hydrogens is 606 g/mol. The molecule has 9 heteroatoms. The van der Waals surface area contributed by atoms with Gasteiger partial charge in [-0.2, -0.15) is 0 Å². The second-order valence-electron chi connectivity index (χ2n) is 15.0. The van der Waals surface area contributed by atoms with Gasteiger partial charge in [-0.15, -0.1) is 0 Å². The van der Waals surface area contributed by atoms with Crippen molar-refractivity contribution < 1.29 is 28.9 Å². The fraction of sp³-hybridized carbons (Fsp3) is 0.487. The second-order valence-corrected chi connectivity index (χ2v) is 15.0. The van der Waals surface area contributed by atoms with E-state index >= 15 is 0 Å². The molecule has 3 N–H and O–H groups in total. The first kappa shape index (κ1) is 34.1. The van der Waals surface area contributed by atoms with Crippen molar-refractivity contribution in [3.8, 4) is 0 Å². The predicted octanol–water partition coefficient (Wildman–Crippen LogP) is 6.53. The molecule has 3 aliphatic rings. The van der Waals surface area contributed by atoms with E-state index in [0.717, 1.165) is 41.8 Å². The molecule has 0 radical (unpaired) electrons. The number of anilines is 1. The van der Waals surface area contributed by atoms with Crippen LogP contribution in [0.25, 0.3) is 0 Å². The number of aliphatic hydroxyl groups excluding tert-OH is 1. The van der Waals surface area contributed by atoms with Crippen LogP contribution in [0.2, 0.25) is 0 Å². The van der Waals surface area contributed by atoms with Gasteiger partial charge in [-0.1, -0.05) is 87.5 Å². The van der Waals surface area contributed by atoms with Gasteiger partial charge in [0, 0.05) is 43.2 Å². The molecule has 256 valence electrons. The molecule has 3 aromatic carbocycles. The van der Waals surface area contributed by atoms with Crippen molar-refractivity contribution in [1.82, 2.24) is 10.2 Å². The normalized spacial score (nSPS) is 27.2. The number of likely N-dealkylation sites (tertiary alicyclic amines) is 1. The maximum Gasteiger partial charge on any atom is 0.328 e. The summed E-state index contributed by atoms with van der Waals surface area (Å²) in [6.45, 7) is 9.13. The molecule has 3 fully saturated rings. The van der Waals surface area contributed by atoms with E-state index in [1.807, 2.05) is 72.8 Å². The van der Waals surface area contributed by atoms with Crippen LogP contribution >= 0.6 is 0 Å². The number of urea groups is 1. The van der Waals surface area contributed by atoms with Crippen LogP contribution in [-0.2, 0) is 32.0 Å². The molecule has 0 spiro atoms. The minimum atomic E-state index is -0.845. The molecule has 1 saturated carbocycles. The van der Waals surface area contributed by atoms with Crippen LogP contribution in [0.1, 0.15) is 81.1 Å². The summed E-state index contributed by atoms with van der Waals surface area (Å²) in [7, 11) is 1.31. The lowest BCUT2D eigenvalue weighted by molar-refractivity contribution is -0.253. The van der Waals surface area contributed by atoms with Crippen LogP contribution in [0.5, 0.6) is 0 Å². The molecule has 1 aliphatic carbocycles. The van der Waals surface area contributed by atoms with Gasteiger partial charge in [-0.05, 0) is 58.9 Å². The first-order valence-electron chi connectivity index (χ1n) is 17.1. The SMILES string of the molecule is COC(=O)[C@H](Cc1ccccc1)NC(=O)Nc1cccc([C@@H]2O[C@H](CN3CC4(C)CC3CC(C)(C)C4)C[C@H](c3ccc(CO)cc3)O2)c1. The van der Waals surface area contributed by atoms with Crippen molar-refractivity contribution in [3.05, 3.63) is 101 Å². The maximum absolute atomic E-state index is 13.1. The van der Waals surface area contributed by atoms with Gasteiger partial charge in [0.25, 0.3) is 0 Å². The van der Waals surface area contributed by atoms with E-state index in [1.165, 1.54) is 26.4 Å². The highest BCUT2D eigenvalue weighted by molar-refractivity contribution is 5.92. The van der Waals surface area contributed by atoms with Gasteiger partial charge >= 0.3 is 12.0 Å². The quantitative estimate of drug-likeness (QED) is 0.213. The molecule has 0 aromatic heterocycles. The number of methoxy groups -OCH3 is 1. The lowest BCUT2D eigenvalue weighted by Crippen LogP contribution is -2.45. The standard InChI is InChI=1S/C39H49N3O6/c1-38(2)20-31-21-39(3,24-38)25-42(31)22-32-19-34(28-15-13-27(23-43)14-16-28)48-36(47-32)29-11-8-12-30(18-29)40-37(45)41-33(35(44)46-4)17-26-9-6-5-7-10-26/h5-16,18,31-34,36,43H,17,19-25H2,1-4H3,(H2,40,41,45)/t31?,32-,33-,34+,36+,39?/m0/s1. The number of rotatable bonds is 10. The molecular formula is C39H49N3O6. The molecule has 2 saturated heterocycles. The van der Waals surface area contributed by atoms with E-state index in [1.54, 1.807) is 6.07 Å². The number of hydrogen-bond acceptors (Lipinski definition) is 7. The average Bonchev–Trinajstić information content (AvgIpc) is 3.31. The zero-order valence-corrected chi connectivity index (χ0v) is 28.5. The molecule has 2 amide bonds. The topological polar surface area (TPSA) is 109 Å². The number of aliphatic hydroxyl groups is 1. The Morgan fingerprint density at radius 1 is 0.958 bits per heavy atom. The van der Waals surface area contributed by atoms with Gasteiger partial charge in [-0.25, -0.2) is 9.59 Å². The molecule has 48 heavy (non-hydrogen) atoms. The Bertz CT molecular complexity index is 1560. The zero-order valence-electron chi connectivity index (χ0n) is 28.5. The van der Waals surface area contributed by atoms with Crippen molar-refractivity contribution >= 4 is 17.7 Å². The molecule has 2 heterocycles. The minimum absolute atomic E-state index is 0.00830. The Labute approximate surface area is 284 Å². The molecule has 9 nitrogen and oxygen atoms in total. The van der Waals surface area contributed by atoms with Gasteiger partial charge in [0.05, 0.1) is 25.9 Å². The summed E-state index contributed by atoms with van der Waals surface area (Å²) in [6, 6.07) is 24.1. The number of fused-ring (bicyclic) bond motifs is 2. The number of amides is 2. The van der Waals surface area contributed by atoms with Crippen molar-refractivity contribution in [3.63, 3.8) is 0 Å². The van der Waals surface area contributed by atoms with E-state index in [2.05, 4.69) is 36.3 Å². The molecule has 6 atom stereocenters. The average molecular weight is 656 g/mol. The van der Waals surface area contributed by atoms with Crippen LogP contribution in [0.15, 0.2) is 78.9 Å². The third-order valence-electron chi connectivity index (χ3n) is 10.1. The fourth-order valence-corrected chi connectivity index (χ4v) is 8.36. The van der Waals surface area contributed by atoms with Gasteiger partial charge in [0.1, 0.15) is 6.04 Å². The first-order chi connectivity index (χ1) is 23.0. The van der Waals surface area contributed by atoms with E-state index in [4.69, 9.17) is 14.2 Å². The minimum Gasteiger partial charge on any atom is -0.467 e. The van der Waals surface area contributed by atoms with E-state index in [9.17, 15) is 14.7 Å². The number of carbonyl (C=O) groups is 2. The highest BCUT2D eigenvalue weighted by Crippen LogP contribution is 2.53. The lowest BCUT2D eigenvalue weighted by atomic mass is 9.65. The molecule has 2 bridgehead atoms. The highest BCUT2D eigenvalue weighted by atomic mass is 16.7. The summed E-state index contributed by atoms with van der Waals surface area (Å²) < 4.78 is 18.3.